The minimum Gasteiger partial charge on any atom is -0.497 e. The second kappa shape index (κ2) is 14.9. The molecule has 0 unspecified atom stereocenters. The van der Waals surface area contributed by atoms with Crippen LogP contribution in [0, 0.1) is 5.92 Å². The van der Waals surface area contributed by atoms with Crippen molar-refractivity contribution < 1.29 is 37.8 Å². The highest BCUT2D eigenvalue weighted by molar-refractivity contribution is 6.74. The van der Waals surface area contributed by atoms with Gasteiger partial charge in [0, 0.05) is 0 Å². The van der Waals surface area contributed by atoms with Gasteiger partial charge >= 0.3 is 11.9 Å². The quantitative estimate of drug-likeness (QED) is 0.139. The minimum atomic E-state index is -2.30. The van der Waals surface area contributed by atoms with E-state index in [2.05, 4.69) is 33.9 Å². The third-order valence-corrected chi connectivity index (χ3v) is 10.5. The Morgan fingerprint density at radius 2 is 1.53 bits per heavy atom. The van der Waals surface area contributed by atoms with Gasteiger partial charge in [-0.15, -0.1) is 0 Å². The van der Waals surface area contributed by atoms with E-state index in [4.69, 9.17) is 23.4 Å². The van der Waals surface area contributed by atoms with Crippen LogP contribution in [0.15, 0.2) is 36.4 Å². The Morgan fingerprint density at radius 3 is 2.00 bits per heavy atom. The van der Waals surface area contributed by atoms with Crippen LogP contribution in [0.5, 0.6) is 5.75 Å². The molecule has 9 heteroatoms. The lowest BCUT2D eigenvalue weighted by Gasteiger charge is -2.39. The van der Waals surface area contributed by atoms with Crippen LogP contribution in [0.3, 0.4) is 0 Å². The molecule has 0 aliphatic rings. The lowest BCUT2D eigenvalue weighted by atomic mass is 10.0. The van der Waals surface area contributed by atoms with Gasteiger partial charge in [-0.1, -0.05) is 39.0 Å². The number of esters is 2. The fraction of sp³-hybridized carbons (Fsp3) is 0.593. The van der Waals surface area contributed by atoms with Crippen molar-refractivity contribution in [1.29, 1.82) is 0 Å². The van der Waals surface area contributed by atoms with Gasteiger partial charge in [-0.05, 0) is 62.2 Å². The molecule has 0 heterocycles. The van der Waals surface area contributed by atoms with Gasteiger partial charge in [0.2, 0.25) is 0 Å². The third kappa shape index (κ3) is 10.6. The number of rotatable bonds is 15. The number of benzene rings is 1. The Morgan fingerprint density at radius 1 is 0.972 bits per heavy atom. The molecule has 1 aromatic carbocycles. The van der Waals surface area contributed by atoms with Crippen molar-refractivity contribution in [2.24, 2.45) is 5.92 Å². The second-order valence-corrected chi connectivity index (χ2v) is 14.6. The van der Waals surface area contributed by atoms with E-state index in [0.717, 1.165) is 11.3 Å². The smallest absolute Gasteiger partial charge is 0.320 e. The zero-order valence-corrected chi connectivity index (χ0v) is 23.9. The maximum absolute atomic E-state index is 12.5. The van der Waals surface area contributed by atoms with Crippen LogP contribution in [-0.4, -0.2) is 59.1 Å². The van der Waals surface area contributed by atoms with Gasteiger partial charge in [0.15, 0.2) is 20.0 Å². The zero-order chi connectivity index (χ0) is 27.4. The number of hydrogen-bond acceptors (Lipinski definition) is 8. The first-order chi connectivity index (χ1) is 16.8. The summed E-state index contributed by atoms with van der Waals surface area (Å²) < 4.78 is 27.3. The summed E-state index contributed by atoms with van der Waals surface area (Å²) in [6.45, 7) is 14.2. The highest BCUT2D eigenvalue weighted by Crippen LogP contribution is 2.38. The third-order valence-electron chi connectivity index (χ3n) is 6.03. The molecule has 0 fully saturated rings. The molecule has 0 radical (unpaired) electrons. The molecule has 0 saturated heterocycles. The summed E-state index contributed by atoms with van der Waals surface area (Å²) in [5.74, 6) is -1.99. The number of ether oxygens (including phenoxy) is 4. The van der Waals surface area contributed by atoms with Crippen molar-refractivity contribution in [3.63, 3.8) is 0 Å². The molecule has 0 amide bonds. The van der Waals surface area contributed by atoms with Crippen LogP contribution in [0.1, 0.15) is 46.6 Å². The molecule has 0 N–H and O–H groups in total. The summed E-state index contributed by atoms with van der Waals surface area (Å²) in [6.07, 6.45) is 2.35. The average Bonchev–Trinajstić information content (AvgIpc) is 2.80. The Hall–Kier alpha value is -2.49. The molecule has 1 atom stereocenters. The maximum atomic E-state index is 12.5. The molecule has 1 rings (SSSR count). The first-order valence-corrected chi connectivity index (χ1v) is 15.2. The van der Waals surface area contributed by atoms with Crippen LogP contribution >= 0.6 is 0 Å². The normalized spacial score (nSPS) is 13.0. The summed E-state index contributed by atoms with van der Waals surface area (Å²) in [4.78, 5) is 37.6. The first kappa shape index (κ1) is 31.5. The molecular formula is C27H42O8Si. The Bertz CT molecular complexity index is 853. The summed E-state index contributed by atoms with van der Waals surface area (Å²) in [5, 5.41) is -0.117. The van der Waals surface area contributed by atoms with E-state index >= 15 is 0 Å². The van der Waals surface area contributed by atoms with Crippen molar-refractivity contribution in [2.75, 3.05) is 26.9 Å². The largest absolute Gasteiger partial charge is 0.497 e. The molecule has 0 bridgehead atoms. The summed E-state index contributed by atoms with van der Waals surface area (Å²) in [5.41, 5.74) is 0.915. The van der Waals surface area contributed by atoms with E-state index in [1.54, 1.807) is 27.0 Å². The van der Waals surface area contributed by atoms with Crippen LogP contribution < -0.4 is 4.74 Å². The lowest BCUT2D eigenvalue weighted by molar-refractivity contribution is -0.162. The van der Waals surface area contributed by atoms with E-state index < -0.39 is 32.3 Å². The molecule has 0 saturated carbocycles. The molecule has 36 heavy (non-hydrogen) atoms. The van der Waals surface area contributed by atoms with Gasteiger partial charge in [0.05, 0.1) is 33.0 Å². The SMILES string of the molecule is CCOC(=O)C(C[C@@H](/C=C/C(=O)COCc1ccc(OC)cc1)O[Si](C)(C)C(C)(C)C)C(=O)OCC. The predicted octanol–water partition coefficient (Wildman–Crippen LogP) is 4.86. The fourth-order valence-electron chi connectivity index (χ4n) is 2.98. The standard InChI is InChI=1S/C27H42O8Si/c1-9-33-25(29)24(26(30)34-10-2)17-23(35-36(7,8)27(3,4)5)16-13-21(28)19-32-18-20-11-14-22(31-6)15-12-20/h11-16,23-24H,9-10,17-19H2,1-8H3/b16-13+/t23-/m1/s1. The highest BCUT2D eigenvalue weighted by Gasteiger charge is 2.41. The van der Waals surface area contributed by atoms with E-state index in [1.807, 2.05) is 24.3 Å². The van der Waals surface area contributed by atoms with Crippen LogP contribution in [0.4, 0.5) is 0 Å². The molecule has 0 spiro atoms. The predicted molar refractivity (Wildman–Crippen MR) is 140 cm³/mol. The number of methoxy groups -OCH3 is 1. The highest BCUT2D eigenvalue weighted by atomic mass is 28.4. The Balaban J connectivity index is 2.96. The molecular weight excluding hydrogens is 480 g/mol. The van der Waals surface area contributed by atoms with Crippen molar-refractivity contribution in [3.8, 4) is 5.75 Å². The number of carbonyl (C=O) groups excluding carboxylic acids is 3. The van der Waals surface area contributed by atoms with Gasteiger partial charge in [-0.2, -0.15) is 0 Å². The summed E-state index contributed by atoms with van der Waals surface area (Å²) >= 11 is 0. The number of ketones is 1. The topological polar surface area (TPSA) is 97.4 Å². The van der Waals surface area contributed by atoms with Gasteiger partial charge < -0.3 is 23.4 Å². The summed E-state index contributed by atoms with van der Waals surface area (Å²) in [7, 11) is -0.702. The van der Waals surface area contributed by atoms with Crippen LogP contribution in [-0.2, 0) is 39.6 Å². The molecule has 0 aromatic heterocycles. The second-order valence-electron chi connectivity index (χ2n) is 9.88. The summed E-state index contributed by atoms with van der Waals surface area (Å²) in [6, 6.07) is 7.39. The lowest BCUT2D eigenvalue weighted by Crippen LogP contribution is -2.45. The first-order valence-electron chi connectivity index (χ1n) is 12.3. The van der Waals surface area contributed by atoms with Gasteiger partial charge in [0.1, 0.15) is 12.4 Å². The van der Waals surface area contributed by atoms with Crippen molar-refractivity contribution in [3.05, 3.63) is 42.0 Å². The fourth-order valence-corrected chi connectivity index (χ4v) is 4.27. The number of carbonyl (C=O) groups is 3. The van der Waals surface area contributed by atoms with Gasteiger partial charge in [-0.3, -0.25) is 14.4 Å². The van der Waals surface area contributed by atoms with E-state index in [1.165, 1.54) is 6.08 Å². The zero-order valence-electron chi connectivity index (χ0n) is 22.9. The maximum Gasteiger partial charge on any atom is 0.320 e. The Labute approximate surface area is 216 Å². The van der Waals surface area contributed by atoms with Crippen molar-refractivity contribution in [2.45, 2.75) is 71.9 Å². The number of hydrogen-bond donors (Lipinski definition) is 0. The van der Waals surface area contributed by atoms with E-state index in [-0.39, 0.29) is 43.7 Å². The average molecular weight is 523 g/mol. The van der Waals surface area contributed by atoms with Crippen LogP contribution in [0.2, 0.25) is 18.1 Å². The molecule has 1 aromatic rings. The van der Waals surface area contributed by atoms with Gasteiger partial charge in [0.25, 0.3) is 0 Å². The van der Waals surface area contributed by atoms with Crippen LogP contribution in [0.25, 0.3) is 0 Å². The van der Waals surface area contributed by atoms with E-state index in [9.17, 15) is 14.4 Å². The molecule has 0 aliphatic carbocycles. The Kier molecular flexibility index (Phi) is 13.1. The van der Waals surface area contributed by atoms with Gasteiger partial charge in [-0.25, -0.2) is 0 Å². The minimum absolute atomic E-state index is 0.0145. The molecule has 0 aliphatic heterocycles. The molecule has 202 valence electrons. The molecule has 8 nitrogen and oxygen atoms in total. The van der Waals surface area contributed by atoms with Crippen molar-refractivity contribution in [1.82, 2.24) is 0 Å². The monoisotopic (exact) mass is 522 g/mol. The van der Waals surface area contributed by atoms with Crippen molar-refractivity contribution >= 4 is 26.0 Å². The van der Waals surface area contributed by atoms with E-state index in [0.29, 0.717) is 0 Å².